The summed E-state index contributed by atoms with van der Waals surface area (Å²) in [7, 11) is 4.06. The number of likely N-dealkylation sites (N-methyl/N-ethyl adjacent to an activating group) is 2. The largest absolute Gasteiger partial charge is 0.370 e. The Hall–Kier alpha value is -4.39. The molecular formula is C27H25N5O2. The number of anilines is 4. The smallest absolute Gasteiger partial charge is 0.274 e. The zero-order chi connectivity index (χ0) is 23.7. The molecule has 2 amide bonds. The van der Waals surface area contributed by atoms with E-state index in [1.165, 1.54) is 12.3 Å². The average Bonchev–Trinajstić information content (AvgIpc) is 2.84. The number of hydrogen-bond donors (Lipinski definition) is 2. The van der Waals surface area contributed by atoms with Gasteiger partial charge < -0.3 is 20.4 Å². The molecule has 0 atom stereocenters. The molecule has 0 unspecified atom stereocenters. The Bertz CT molecular complexity index is 1250. The highest BCUT2D eigenvalue weighted by molar-refractivity contribution is 6.08. The van der Waals surface area contributed by atoms with Gasteiger partial charge in [0.1, 0.15) is 5.69 Å². The summed E-state index contributed by atoms with van der Waals surface area (Å²) in [4.78, 5) is 34.1. The van der Waals surface area contributed by atoms with E-state index in [-0.39, 0.29) is 17.5 Å². The molecule has 7 nitrogen and oxygen atoms in total. The fourth-order valence-corrected chi connectivity index (χ4v) is 4.19. The molecule has 170 valence electrons. The van der Waals surface area contributed by atoms with Gasteiger partial charge in [0.25, 0.3) is 11.8 Å². The molecule has 2 aromatic carbocycles. The van der Waals surface area contributed by atoms with E-state index in [2.05, 4.69) is 43.6 Å². The number of carbonyl (C=O) groups is 2. The predicted octanol–water partition coefficient (Wildman–Crippen LogP) is 4.51. The van der Waals surface area contributed by atoms with Crippen LogP contribution in [0.2, 0.25) is 0 Å². The van der Waals surface area contributed by atoms with Crippen molar-refractivity contribution in [2.45, 2.75) is 0 Å². The molecule has 3 aromatic rings. The minimum atomic E-state index is -0.371. The lowest BCUT2D eigenvalue weighted by Gasteiger charge is -2.24. The number of nitrogens with zero attached hydrogens (tertiary/aromatic N) is 3. The summed E-state index contributed by atoms with van der Waals surface area (Å²) in [6, 6.07) is 14.7. The van der Waals surface area contributed by atoms with Crippen molar-refractivity contribution in [1.82, 2.24) is 4.98 Å². The fourth-order valence-electron chi connectivity index (χ4n) is 4.19. The highest BCUT2D eigenvalue weighted by Gasteiger charge is 2.16. The van der Waals surface area contributed by atoms with Crippen LogP contribution in [0.1, 0.15) is 32.0 Å². The maximum atomic E-state index is 12.9. The highest BCUT2D eigenvalue weighted by atomic mass is 16.2. The van der Waals surface area contributed by atoms with Crippen LogP contribution in [0.15, 0.2) is 66.9 Å². The number of benzene rings is 2. The molecule has 34 heavy (non-hydrogen) atoms. The van der Waals surface area contributed by atoms with Gasteiger partial charge in [0.05, 0.1) is 0 Å². The molecule has 0 fully saturated rings. The second-order valence-electron chi connectivity index (χ2n) is 8.45. The summed E-state index contributed by atoms with van der Waals surface area (Å²) < 4.78 is 0. The van der Waals surface area contributed by atoms with Crippen molar-refractivity contribution in [2.75, 3.05) is 47.6 Å². The molecule has 3 heterocycles. The SMILES string of the molecule is CN1CC=Cc2cc(NC(=O)c3ccnc(C(=O)Nc4ccc5c(c4)C=CCN5C)c3)ccc21. The Morgan fingerprint density at radius 2 is 1.32 bits per heavy atom. The summed E-state index contributed by atoms with van der Waals surface area (Å²) in [5.74, 6) is -0.670. The first-order chi connectivity index (χ1) is 16.5. The van der Waals surface area contributed by atoms with E-state index in [1.54, 1.807) is 6.07 Å². The molecule has 1 aromatic heterocycles. The highest BCUT2D eigenvalue weighted by Crippen LogP contribution is 2.29. The van der Waals surface area contributed by atoms with Crippen LogP contribution in [0, 0.1) is 0 Å². The van der Waals surface area contributed by atoms with E-state index in [9.17, 15) is 9.59 Å². The molecule has 2 aliphatic rings. The Morgan fingerprint density at radius 3 is 1.91 bits per heavy atom. The van der Waals surface area contributed by atoms with Crippen molar-refractivity contribution in [2.24, 2.45) is 0 Å². The standard InChI is InChI=1S/C27H25N5O2/c1-31-13-3-5-18-15-21(7-9-24(18)31)29-26(33)20-11-12-28-23(17-20)27(34)30-22-8-10-25-19(16-22)6-4-14-32(25)2/h3-12,15-17H,13-14H2,1-2H3,(H,29,33)(H,30,34). The molecule has 7 heteroatoms. The van der Waals surface area contributed by atoms with E-state index in [1.807, 2.05) is 56.6 Å². The van der Waals surface area contributed by atoms with Crippen molar-refractivity contribution in [3.8, 4) is 0 Å². The van der Waals surface area contributed by atoms with Gasteiger partial charge in [-0.3, -0.25) is 14.6 Å². The number of hydrogen-bond acceptors (Lipinski definition) is 5. The Labute approximate surface area is 198 Å². The van der Waals surface area contributed by atoms with E-state index < -0.39 is 0 Å². The third kappa shape index (κ3) is 4.28. The minimum Gasteiger partial charge on any atom is -0.370 e. The molecule has 0 saturated heterocycles. The van der Waals surface area contributed by atoms with Crippen molar-refractivity contribution in [3.63, 3.8) is 0 Å². The van der Waals surface area contributed by atoms with Gasteiger partial charge in [0.15, 0.2) is 0 Å². The molecule has 0 bridgehead atoms. The van der Waals surface area contributed by atoms with Gasteiger partial charge in [0.2, 0.25) is 0 Å². The van der Waals surface area contributed by atoms with Crippen LogP contribution < -0.4 is 20.4 Å². The van der Waals surface area contributed by atoms with Crippen molar-refractivity contribution in [1.29, 1.82) is 0 Å². The Morgan fingerprint density at radius 1 is 0.765 bits per heavy atom. The zero-order valence-electron chi connectivity index (χ0n) is 19.1. The molecule has 5 rings (SSSR count). The van der Waals surface area contributed by atoms with Gasteiger partial charge in [-0.1, -0.05) is 24.3 Å². The number of nitrogens with one attached hydrogen (secondary N) is 2. The molecule has 0 aliphatic carbocycles. The lowest BCUT2D eigenvalue weighted by atomic mass is 10.1. The van der Waals surface area contributed by atoms with Crippen LogP contribution in [0.4, 0.5) is 22.7 Å². The Kier molecular flexibility index (Phi) is 5.59. The van der Waals surface area contributed by atoms with E-state index in [0.29, 0.717) is 16.9 Å². The quantitative estimate of drug-likeness (QED) is 0.610. The van der Waals surface area contributed by atoms with Crippen molar-refractivity contribution >= 4 is 46.7 Å². The molecule has 2 N–H and O–H groups in total. The topological polar surface area (TPSA) is 77.6 Å². The first kappa shape index (κ1) is 21.5. The van der Waals surface area contributed by atoms with Gasteiger partial charge in [-0.25, -0.2) is 0 Å². The number of aromatic nitrogens is 1. The maximum absolute atomic E-state index is 12.9. The third-order valence-electron chi connectivity index (χ3n) is 6.00. The van der Waals surface area contributed by atoms with Crippen LogP contribution in [0.3, 0.4) is 0 Å². The van der Waals surface area contributed by atoms with Crippen molar-refractivity contribution in [3.05, 3.63) is 89.3 Å². The van der Waals surface area contributed by atoms with Crippen LogP contribution in [-0.2, 0) is 0 Å². The normalized spacial score (nSPS) is 13.8. The first-order valence-electron chi connectivity index (χ1n) is 11.1. The number of rotatable bonds is 4. The fraction of sp³-hybridized carbons (Fsp3) is 0.148. The molecule has 2 aliphatic heterocycles. The molecule has 0 radical (unpaired) electrons. The number of carbonyl (C=O) groups excluding carboxylic acids is 2. The van der Waals surface area contributed by atoms with Crippen LogP contribution in [0.25, 0.3) is 12.2 Å². The second-order valence-corrected chi connectivity index (χ2v) is 8.45. The van der Waals surface area contributed by atoms with Crippen LogP contribution in [0.5, 0.6) is 0 Å². The van der Waals surface area contributed by atoms with Crippen LogP contribution in [-0.4, -0.2) is 44.0 Å². The summed E-state index contributed by atoms with van der Waals surface area (Å²) in [5.41, 5.74) is 6.22. The zero-order valence-corrected chi connectivity index (χ0v) is 19.1. The van der Waals surface area contributed by atoms with Gasteiger partial charge in [-0.15, -0.1) is 0 Å². The number of pyridine rings is 1. The van der Waals surface area contributed by atoms with E-state index >= 15 is 0 Å². The lowest BCUT2D eigenvalue weighted by molar-refractivity contribution is 0.102. The third-order valence-corrected chi connectivity index (χ3v) is 6.00. The van der Waals surface area contributed by atoms with Gasteiger partial charge in [0, 0.05) is 61.7 Å². The van der Waals surface area contributed by atoms with Gasteiger partial charge in [-0.05, 0) is 59.7 Å². The lowest BCUT2D eigenvalue weighted by Crippen LogP contribution is -2.21. The van der Waals surface area contributed by atoms with E-state index in [0.717, 1.165) is 35.6 Å². The average molecular weight is 452 g/mol. The molecular weight excluding hydrogens is 426 g/mol. The monoisotopic (exact) mass is 451 g/mol. The summed E-state index contributed by atoms with van der Waals surface area (Å²) >= 11 is 0. The summed E-state index contributed by atoms with van der Waals surface area (Å²) in [5, 5.41) is 5.79. The molecule has 0 spiro atoms. The Balaban J connectivity index is 1.30. The summed E-state index contributed by atoms with van der Waals surface area (Å²) in [6.07, 6.45) is 9.73. The predicted molar refractivity (Wildman–Crippen MR) is 138 cm³/mol. The number of amides is 2. The van der Waals surface area contributed by atoms with Gasteiger partial charge >= 0.3 is 0 Å². The maximum Gasteiger partial charge on any atom is 0.274 e. The van der Waals surface area contributed by atoms with Crippen molar-refractivity contribution < 1.29 is 9.59 Å². The van der Waals surface area contributed by atoms with Gasteiger partial charge in [-0.2, -0.15) is 0 Å². The first-order valence-corrected chi connectivity index (χ1v) is 11.1. The van der Waals surface area contributed by atoms with Crippen LogP contribution >= 0.6 is 0 Å². The summed E-state index contributed by atoms with van der Waals surface area (Å²) in [6.45, 7) is 1.72. The number of fused-ring (bicyclic) bond motifs is 2. The molecule has 0 saturated carbocycles. The van der Waals surface area contributed by atoms with E-state index in [4.69, 9.17) is 0 Å². The second kappa shape index (κ2) is 8.86. The minimum absolute atomic E-state index is 0.174.